The highest BCUT2D eigenvalue weighted by molar-refractivity contribution is 9.10. The standard InChI is InChI=1S/C18H19BrO2/c1-12-5-6-18-14(7-12)9-17(21-18)10-15(11-20)13-3-2-4-16(19)8-13/h2-8,15,17,20H,9-11H2,1H3. The van der Waals surface area contributed by atoms with Crippen LogP contribution in [-0.2, 0) is 6.42 Å². The second-order valence-corrected chi connectivity index (χ2v) is 6.64. The number of ether oxygens (including phenoxy) is 1. The third-order valence-corrected chi connectivity index (χ3v) is 4.54. The number of benzene rings is 2. The van der Waals surface area contributed by atoms with Gasteiger partial charge in [0.1, 0.15) is 11.9 Å². The van der Waals surface area contributed by atoms with Crippen molar-refractivity contribution in [1.82, 2.24) is 0 Å². The summed E-state index contributed by atoms with van der Waals surface area (Å²) in [5, 5.41) is 9.72. The van der Waals surface area contributed by atoms with Crippen LogP contribution in [0.3, 0.4) is 0 Å². The van der Waals surface area contributed by atoms with Crippen LogP contribution in [-0.4, -0.2) is 17.8 Å². The summed E-state index contributed by atoms with van der Waals surface area (Å²) in [7, 11) is 0. The summed E-state index contributed by atoms with van der Waals surface area (Å²) in [5.74, 6) is 1.11. The molecule has 1 N–H and O–H groups in total. The first kappa shape index (κ1) is 14.6. The molecule has 0 spiro atoms. The van der Waals surface area contributed by atoms with Crippen LogP contribution in [0.1, 0.15) is 29.0 Å². The average molecular weight is 347 g/mol. The van der Waals surface area contributed by atoms with Crippen molar-refractivity contribution in [3.05, 3.63) is 63.6 Å². The van der Waals surface area contributed by atoms with Crippen LogP contribution in [0.25, 0.3) is 0 Å². The highest BCUT2D eigenvalue weighted by atomic mass is 79.9. The van der Waals surface area contributed by atoms with Gasteiger partial charge < -0.3 is 9.84 Å². The minimum atomic E-state index is 0.114. The van der Waals surface area contributed by atoms with Gasteiger partial charge >= 0.3 is 0 Å². The van der Waals surface area contributed by atoms with Crippen LogP contribution >= 0.6 is 15.9 Å². The maximum atomic E-state index is 9.72. The SMILES string of the molecule is Cc1ccc2c(c1)CC(CC(CO)c1cccc(Br)c1)O2. The molecule has 2 nitrogen and oxygen atoms in total. The first-order chi connectivity index (χ1) is 10.2. The van der Waals surface area contributed by atoms with Gasteiger partial charge in [0, 0.05) is 16.8 Å². The topological polar surface area (TPSA) is 29.5 Å². The van der Waals surface area contributed by atoms with Crippen molar-refractivity contribution in [1.29, 1.82) is 0 Å². The first-order valence-corrected chi connectivity index (χ1v) is 8.07. The Labute approximate surface area is 133 Å². The number of fused-ring (bicyclic) bond motifs is 1. The molecule has 0 aromatic heterocycles. The summed E-state index contributed by atoms with van der Waals surface area (Å²) in [6.45, 7) is 2.25. The fourth-order valence-corrected chi connectivity index (χ4v) is 3.39. The minimum absolute atomic E-state index is 0.114. The van der Waals surface area contributed by atoms with E-state index < -0.39 is 0 Å². The van der Waals surface area contributed by atoms with Crippen molar-refractivity contribution in [2.24, 2.45) is 0 Å². The van der Waals surface area contributed by atoms with Crippen LogP contribution < -0.4 is 4.74 Å². The number of aliphatic hydroxyl groups is 1. The molecule has 0 radical (unpaired) electrons. The lowest BCUT2D eigenvalue weighted by molar-refractivity contribution is 0.179. The van der Waals surface area contributed by atoms with E-state index in [1.165, 1.54) is 11.1 Å². The summed E-state index contributed by atoms with van der Waals surface area (Å²) < 4.78 is 7.07. The van der Waals surface area contributed by atoms with Crippen molar-refractivity contribution >= 4 is 15.9 Å². The molecule has 2 aromatic rings. The van der Waals surface area contributed by atoms with Crippen LogP contribution in [0.5, 0.6) is 5.75 Å². The average Bonchev–Trinajstić information content (AvgIpc) is 2.86. The predicted octanol–water partition coefficient (Wildman–Crippen LogP) is 4.23. The summed E-state index contributed by atoms with van der Waals surface area (Å²) in [6.07, 6.45) is 1.92. The Balaban J connectivity index is 1.72. The molecule has 0 bridgehead atoms. The molecule has 1 aliphatic rings. The Hall–Kier alpha value is -1.32. The molecule has 2 atom stereocenters. The van der Waals surface area contributed by atoms with E-state index >= 15 is 0 Å². The van der Waals surface area contributed by atoms with E-state index in [-0.39, 0.29) is 18.6 Å². The highest BCUT2D eigenvalue weighted by Crippen LogP contribution is 2.34. The summed E-state index contributed by atoms with van der Waals surface area (Å²) >= 11 is 3.49. The molecule has 0 saturated carbocycles. The van der Waals surface area contributed by atoms with Gasteiger partial charge in [0.25, 0.3) is 0 Å². The van der Waals surface area contributed by atoms with Gasteiger partial charge in [-0.3, -0.25) is 0 Å². The highest BCUT2D eigenvalue weighted by Gasteiger charge is 2.26. The van der Waals surface area contributed by atoms with E-state index in [4.69, 9.17) is 4.74 Å². The zero-order valence-corrected chi connectivity index (χ0v) is 13.6. The van der Waals surface area contributed by atoms with Gasteiger partial charge in [-0.25, -0.2) is 0 Å². The van der Waals surface area contributed by atoms with E-state index in [0.717, 1.165) is 28.6 Å². The molecule has 1 heterocycles. The maximum Gasteiger partial charge on any atom is 0.123 e. The molecule has 0 amide bonds. The van der Waals surface area contributed by atoms with Gasteiger partial charge in [-0.05, 0) is 42.7 Å². The van der Waals surface area contributed by atoms with Crippen molar-refractivity contribution in [3.63, 3.8) is 0 Å². The quantitative estimate of drug-likeness (QED) is 0.897. The monoisotopic (exact) mass is 346 g/mol. The largest absolute Gasteiger partial charge is 0.490 e. The number of rotatable bonds is 4. The molecule has 3 heteroatoms. The summed E-state index contributed by atoms with van der Waals surface area (Å²) in [5.41, 5.74) is 3.71. The fourth-order valence-electron chi connectivity index (χ4n) is 2.97. The van der Waals surface area contributed by atoms with Gasteiger partial charge in [-0.1, -0.05) is 45.8 Å². The smallest absolute Gasteiger partial charge is 0.123 e. The molecule has 2 unspecified atom stereocenters. The molecule has 1 aliphatic heterocycles. The number of hydrogen-bond acceptors (Lipinski definition) is 2. The van der Waals surface area contributed by atoms with Crippen LogP contribution in [0.4, 0.5) is 0 Å². The van der Waals surface area contributed by atoms with Crippen LogP contribution in [0, 0.1) is 6.92 Å². The Morgan fingerprint density at radius 2 is 2.14 bits per heavy atom. The van der Waals surface area contributed by atoms with Gasteiger partial charge in [0.2, 0.25) is 0 Å². The molecule has 110 valence electrons. The van der Waals surface area contributed by atoms with Crippen molar-refractivity contribution in [2.75, 3.05) is 6.61 Å². The number of hydrogen-bond donors (Lipinski definition) is 1. The lowest BCUT2D eigenvalue weighted by atomic mass is 9.92. The third-order valence-electron chi connectivity index (χ3n) is 4.05. The molecule has 0 aliphatic carbocycles. The van der Waals surface area contributed by atoms with Crippen LogP contribution in [0.2, 0.25) is 0 Å². The third kappa shape index (κ3) is 3.30. The zero-order valence-electron chi connectivity index (χ0n) is 12.1. The molecule has 0 fully saturated rings. The molecule has 3 rings (SSSR count). The second-order valence-electron chi connectivity index (χ2n) is 5.73. The molecule has 21 heavy (non-hydrogen) atoms. The van der Waals surface area contributed by atoms with Crippen molar-refractivity contribution < 1.29 is 9.84 Å². The number of halogens is 1. The lowest BCUT2D eigenvalue weighted by Crippen LogP contribution is -2.19. The Kier molecular flexibility index (Phi) is 4.32. The van der Waals surface area contributed by atoms with E-state index in [1.807, 2.05) is 12.1 Å². The van der Waals surface area contributed by atoms with Crippen molar-refractivity contribution in [3.8, 4) is 5.75 Å². The van der Waals surface area contributed by atoms with Crippen LogP contribution in [0.15, 0.2) is 46.9 Å². The first-order valence-electron chi connectivity index (χ1n) is 7.28. The fraction of sp³-hybridized carbons (Fsp3) is 0.333. The van der Waals surface area contributed by atoms with Gasteiger partial charge in [-0.2, -0.15) is 0 Å². The number of aliphatic hydroxyl groups excluding tert-OH is 1. The normalized spacial score (nSPS) is 18.1. The van der Waals surface area contributed by atoms with Gasteiger partial charge in [0.15, 0.2) is 0 Å². The Bertz CT molecular complexity index is 639. The lowest BCUT2D eigenvalue weighted by Gasteiger charge is -2.19. The van der Waals surface area contributed by atoms with E-state index in [9.17, 15) is 5.11 Å². The van der Waals surface area contributed by atoms with Gasteiger partial charge in [0.05, 0.1) is 6.61 Å². The summed E-state index contributed by atoms with van der Waals surface area (Å²) in [6, 6.07) is 14.5. The van der Waals surface area contributed by atoms with Crippen molar-refractivity contribution in [2.45, 2.75) is 31.8 Å². The zero-order chi connectivity index (χ0) is 14.8. The molecule has 0 saturated heterocycles. The van der Waals surface area contributed by atoms with E-state index in [2.05, 4.69) is 53.2 Å². The second kappa shape index (κ2) is 6.20. The predicted molar refractivity (Wildman–Crippen MR) is 87.9 cm³/mol. The molecular weight excluding hydrogens is 328 g/mol. The van der Waals surface area contributed by atoms with E-state index in [1.54, 1.807) is 0 Å². The minimum Gasteiger partial charge on any atom is -0.490 e. The number of aryl methyl sites for hydroxylation is 1. The molecular formula is C18H19BrO2. The summed E-state index contributed by atoms with van der Waals surface area (Å²) in [4.78, 5) is 0. The Morgan fingerprint density at radius 3 is 2.90 bits per heavy atom. The Morgan fingerprint density at radius 1 is 1.29 bits per heavy atom. The van der Waals surface area contributed by atoms with Gasteiger partial charge in [-0.15, -0.1) is 0 Å². The maximum absolute atomic E-state index is 9.72. The molecule has 2 aromatic carbocycles. The van der Waals surface area contributed by atoms with E-state index in [0.29, 0.717) is 0 Å².